The van der Waals surface area contributed by atoms with E-state index in [1.54, 1.807) is 0 Å². The average Bonchev–Trinajstić information content (AvgIpc) is 2.41. The fraction of sp³-hybridized carbons (Fsp3) is 0.235. The molecule has 0 saturated carbocycles. The smallest absolute Gasteiger partial charge is 0.0248 e. The third kappa shape index (κ3) is 4.44. The summed E-state index contributed by atoms with van der Waals surface area (Å²) in [6, 6.07) is 21.4. The third-order valence-corrected chi connectivity index (χ3v) is 2.94. The molecule has 0 nitrogen and oxygen atoms in total. The van der Waals surface area contributed by atoms with E-state index in [0.717, 1.165) is 6.42 Å². The van der Waals surface area contributed by atoms with Crippen LogP contribution in [0.4, 0.5) is 0 Å². The van der Waals surface area contributed by atoms with Crippen molar-refractivity contribution in [2.24, 2.45) is 0 Å². The highest BCUT2D eigenvalue weighted by Gasteiger charge is 1.94. The van der Waals surface area contributed by atoms with Gasteiger partial charge in [0.2, 0.25) is 0 Å². The summed E-state index contributed by atoms with van der Waals surface area (Å²) in [7, 11) is 0. The van der Waals surface area contributed by atoms with Crippen LogP contribution in [0.2, 0.25) is 0 Å². The maximum Gasteiger partial charge on any atom is -0.0248 e. The van der Waals surface area contributed by atoms with Crippen LogP contribution in [0.15, 0.2) is 60.7 Å². The molecule has 0 N–H and O–H groups in total. The molecular formula is C17H19. The highest BCUT2D eigenvalue weighted by atomic mass is 14.0. The molecule has 87 valence electrons. The number of hydrogen-bond donors (Lipinski definition) is 0. The highest BCUT2D eigenvalue weighted by Crippen LogP contribution is 2.08. The van der Waals surface area contributed by atoms with E-state index in [1.165, 1.54) is 30.4 Å². The second-order valence-electron chi connectivity index (χ2n) is 4.36. The van der Waals surface area contributed by atoms with Gasteiger partial charge in [0, 0.05) is 0 Å². The zero-order valence-electron chi connectivity index (χ0n) is 10.2. The molecule has 0 aromatic heterocycles. The number of hydrogen-bond acceptors (Lipinski definition) is 0. The zero-order chi connectivity index (χ0) is 11.8. The molecule has 0 atom stereocenters. The first-order valence-corrected chi connectivity index (χ1v) is 6.34. The zero-order valence-corrected chi connectivity index (χ0v) is 10.2. The van der Waals surface area contributed by atoms with Crippen molar-refractivity contribution < 1.29 is 0 Å². The van der Waals surface area contributed by atoms with E-state index < -0.39 is 0 Å². The third-order valence-electron chi connectivity index (χ3n) is 2.94. The van der Waals surface area contributed by atoms with Gasteiger partial charge in [-0.2, -0.15) is 0 Å². The van der Waals surface area contributed by atoms with Crippen LogP contribution in [0.25, 0.3) is 0 Å². The molecule has 0 amide bonds. The normalized spacial score (nSPS) is 10.4. The van der Waals surface area contributed by atoms with E-state index in [1.807, 2.05) is 0 Å². The van der Waals surface area contributed by atoms with Gasteiger partial charge in [-0.15, -0.1) is 0 Å². The van der Waals surface area contributed by atoms with E-state index in [9.17, 15) is 0 Å². The monoisotopic (exact) mass is 223 g/mol. The van der Waals surface area contributed by atoms with E-state index >= 15 is 0 Å². The van der Waals surface area contributed by atoms with Gasteiger partial charge in [0.25, 0.3) is 0 Å². The molecule has 0 heteroatoms. The minimum atomic E-state index is 1.09. The van der Waals surface area contributed by atoms with Crippen LogP contribution in [-0.4, -0.2) is 0 Å². The second kappa shape index (κ2) is 6.90. The van der Waals surface area contributed by atoms with Crippen molar-refractivity contribution in [3.8, 4) is 0 Å². The Bertz CT molecular complexity index is 361. The van der Waals surface area contributed by atoms with Crippen molar-refractivity contribution in [1.29, 1.82) is 0 Å². The van der Waals surface area contributed by atoms with Gasteiger partial charge in [-0.1, -0.05) is 60.7 Å². The predicted octanol–water partition coefficient (Wildman–Crippen LogP) is 4.46. The lowest BCUT2D eigenvalue weighted by molar-refractivity contribution is 0.788. The van der Waals surface area contributed by atoms with Crippen LogP contribution in [0.5, 0.6) is 0 Å². The molecule has 0 bridgehead atoms. The minimum Gasteiger partial charge on any atom is -0.0622 e. The Kier molecular flexibility index (Phi) is 4.84. The molecular weight excluding hydrogens is 204 g/mol. The Morgan fingerprint density at radius 3 is 1.94 bits per heavy atom. The van der Waals surface area contributed by atoms with Crippen LogP contribution in [0.1, 0.15) is 24.0 Å². The maximum absolute atomic E-state index is 2.39. The topological polar surface area (TPSA) is 0 Å². The van der Waals surface area contributed by atoms with Crippen LogP contribution < -0.4 is 0 Å². The van der Waals surface area contributed by atoms with Gasteiger partial charge in [0.15, 0.2) is 0 Å². The lowest BCUT2D eigenvalue weighted by Gasteiger charge is -2.02. The Hall–Kier alpha value is -1.56. The van der Waals surface area contributed by atoms with Crippen molar-refractivity contribution in [3.63, 3.8) is 0 Å². The molecule has 2 aromatic carbocycles. The number of benzene rings is 2. The summed E-state index contributed by atoms with van der Waals surface area (Å²) in [6.45, 7) is 0. The highest BCUT2D eigenvalue weighted by molar-refractivity contribution is 5.17. The lowest BCUT2D eigenvalue weighted by Crippen LogP contribution is -1.89. The van der Waals surface area contributed by atoms with Gasteiger partial charge in [-0.05, 0) is 43.2 Å². The van der Waals surface area contributed by atoms with Gasteiger partial charge in [0.1, 0.15) is 0 Å². The average molecular weight is 223 g/mol. The Morgan fingerprint density at radius 1 is 0.706 bits per heavy atom. The summed E-state index contributed by atoms with van der Waals surface area (Å²) >= 11 is 0. The van der Waals surface area contributed by atoms with Crippen LogP contribution in [0, 0.1) is 6.42 Å². The first kappa shape index (κ1) is 11.9. The lowest BCUT2D eigenvalue weighted by atomic mass is 10.0. The fourth-order valence-corrected chi connectivity index (χ4v) is 1.98. The van der Waals surface area contributed by atoms with Crippen molar-refractivity contribution in [2.45, 2.75) is 25.7 Å². The van der Waals surface area contributed by atoms with E-state index in [4.69, 9.17) is 0 Å². The van der Waals surface area contributed by atoms with E-state index in [-0.39, 0.29) is 0 Å². The van der Waals surface area contributed by atoms with Crippen LogP contribution >= 0.6 is 0 Å². The predicted molar refractivity (Wildman–Crippen MR) is 73.8 cm³/mol. The van der Waals surface area contributed by atoms with Crippen molar-refractivity contribution in [2.75, 3.05) is 0 Å². The molecule has 0 aliphatic heterocycles. The van der Waals surface area contributed by atoms with Crippen molar-refractivity contribution in [1.82, 2.24) is 0 Å². The molecule has 0 unspecified atom stereocenters. The van der Waals surface area contributed by atoms with E-state index in [0.29, 0.717) is 0 Å². The molecule has 2 rings (SSSR count). The molecule has 2 aromatic rings. The molecule has 0 spiro atoms. The standard InChI is InChI=1S/C17H19/c1-4-10-16(11-5-1)14-8-3-9-15-17-12-6-2-7-13-17/h1-2,4-8,10-13H,3,9,14-15H2. The van der Waals surface area contributed by atoms with Gasteiger partial charge < -0.3 is 0 Å². The molecule has 0 saturated heterocycles. The molecule has 0 fully saturated rings. The quantitative estimate of drug-likeness (QED) is 0.634. The largest absolute Gasteiger partial charge is 0.0622 e. The van der Waals surface area contributed by atoms with Crippen LogP contribution in [-0.2, 0) is 12.8 Å². The van der Waals surface area contributed by atoms with Gasteiger partial charge in [-0.3, -0.25) is 0 Å². The first-order chi connectivity index (χ1) is 8.45. The molecule has 0 heterocycles. The van der Waals surface area contributed by atoms with Crippen LogP contribution in [0.3, 0.4) is 0 Å². The summed E-state index contributed by atoms with van der Waals surface area (Å²) in [5.41, 5.74) is 2.85. The van der Waals surface area contributed by atoms with Crippen molar-refractivity contribution >= 4 is 0 Å². The summed E-state index contributed by atoms with van der Waals surface area (Å²) in [5.74, 6) is 0. The summed E-state index contributed by atoms with van der Waals surface area (Å²) in [6.07, 6.45) is 7.11. The SMILES string of the molecule is [CH](CCCc1ccccc1)Cc1ccccc1. The van der Waals surface area contributed by atoms with E-state index in [2.05, 4.69) is 67.1 Å². The number of rotatable bonds is 6. The fourth-order valence-electron chi connectivity index (χ4n) is 1.98. The second-order valence-corrected chi connectivity index (χ2v) is 4.36. The molecule has 1 radical (unpaired) electrons. The molecule has 0 aliphatic carbocycles. The van der Waals surface area contributed by atoms with Crippen molar-refractivity contribution in [3.05, 3.63) is 78.2 Å². The summed E-state index contributed by atoms with van der Waals surface area (Å²) < 4.78 is 0. The maximum atomic E-state index is 2.39. The molecule has 17 heavy (non-hydrogen) atoms. The minimum absolute atomic E-state index is 1.09. The number of aryl methyl sites for hydroxylation is 1. The Balaban J connectivity index is 1.61. The van der Waals surface area contributed by atoms with Gasteiger partial charge in [0.05, 0.1) is 0 Å². The molecule has 0 aliphatic rings. The van der Waals surface area contributed by atoms with Gasteiger partial charge in [-0.25, -0.2) is 0 Å². The Labute approximate surface area is 104 Å². The van der Waals surface area contributed by atoms with Gasteiger partial charge >= 0.3 is 0 Å². The Morgan fingerprint density at radius 2 is 1.29 bits per heavy atom. The summed E-state index contributed by atoms with van der Waals surface area (Å²) in [4.78, 5) is 0. The number of unbranched alkanes of at least 4 members (excludes halogenated alkanes) is 2. The first-order valence-electron chi connectivity index (χ1n) is 6.34. The summed E-state index contributed by atoms with van der Waals surface area (Å²) in [5, 5.41) is 0.